The number of para-hydroxylation sites is 12. The lowest BCUT2D eigenvalue weighted by molar-refractivity contribution is -0.115. The number of amides is 3. The number of anilines is 5. The quantitative estimate of drug-likeness (QED) is 0.0329. The van der Waals surface area contributed by atoms with Gasteiger partial charge in [-0.05, 0) is 108 Å². The molecule has 0 radical (unpaired) electrons. The zero-order chi connectivity index (χ0) is 76.8. The Morgan fingerprint density at radius 1 is 0.387 bits per heavy atom. The predicted octanol–water partition coefficient (Wildman–Crippen LogP) is 13.6. The SMILES string of the molecule is CC(=O)c1nc2ccccc2nc1N.Nc1nc2ccccc2nc1-c1nc2ccccc2s1.Nc1nc2ccccc2nc1C(=O)NCCOc1ccccc1.Nc1nc2ccccc2nc1C(=O)NCCc1ccccc1.O=C(Cc1ccccc1)Nc1nc2ccccc2nc1-c1noc(Cc2ccccc2)n1. The van der Waals surface area contributed by atoms with Gasteiger partial charge in [0.25, 0.3) is 11.8 Å². The molecule has 0 spiro atoms. The number of thiazole rings is 1. The number of ether oxygens (including phenoxy) is 1. The molecular formula is C84H70N20O6S. The van der Waals surface area contributed by atoms with Crippen LogP contribution in [0.15, 0.2) is 271 Å². The number of nitrogens with one attached hydrogen (secondary N) is 3. The second-order valence-corrected chi connectivity index (χ2v) is 25.6. The van der Waals surface area contributed by atoms with Crippen LogP contribution in [0.3, 0.4) is 0 Å². The first kappa shape index (κ1) is 74.3. The van der Waals surface area contributed by atoms with E-state index in [1.807, 2.05) is 249 Å². The Morgan fingerprint density at radius 3 is 1.29 bits per heavy atom. The first-order valence-electron chi connectivity index (χ1n) is 34.9. The Morgan fingerprint density at radius 2 is 0.784 bits per heavy atom. The molecule has 0 aliphatic rings. The molecule has 11 N–H and O–H groups in total. The van der Waals surface area contributed by atoms with Gasteiger partial charge in [0, 0.05) is 13.5 Å². The molecule has 26 nitrogen and oxygen atoms in total. The molecule has 0 bridgehead atoms. The molecule has 548 valence electrons. The maximum atomic E-state index is 12.7. The van der Waals surface area contributed by atoms with Crippen molar-refractivity contribution in [3.05, 3.63) is 307 Å². The van der Waals surface area contributed by atoms with Crippen LogP contribution < -0.4 is 43.6 Å². The topological polar surface area (TPSA) is 398 Å². The lowest BCUT2D eigenvalue weighted by atomic mass is 10.1. The van der Waals surface area contributed by atoms with Crippen molar-refractivity contribution < 1.29 is 28.4 Å². The van der Waals surface area contributed by atoms with Crippen molar-refractivity contribution in [2.75, 3.05) is 47.9 Å². The highest BCUT2D eigenvalue weighted by atomic mass is 32.1. The summed E-state index contributed by atoms with van der Waals surface area (Å²) in [6.07, 6.45) is 1.48. The number of nitrogens with two attached hydrogens (primary N) is 4. The normalized spacial score (nSPS) is 10.7. The number of hydrogen-bond acceptors (Lipinski definition) is 24. The summed E-state index contributed by atoms with van der Waals surface area (Å²) in [7, 11) is 0. The maximum absolute atomic E-state index is 12.7. The lowest BCUT2D eigenvalue weighted by Gasteiger charge is -2.09. The van der Waals surface area contributed by atoms with Crippen LogP contribution in [0, 0.1) is 0 Å². The molecule has 0 saturated carbocycles. The standard InChI is InChI=1S/C25H19N5O2.C17H16N4O2.C17H16N4O.C15H10N4S.C10H9N3O/c31-21(15-17-9-3-1-4-10-17)28-24-23(26-19-13-7-8-14-20(19)27-24)25-29-22(32-30-25)16-18-11-5-2-6-12-18;18-16-15(20-13-8-4-5-9-14(13)21-16)17(22)19-10-11-23-12-6-2-1-3-7-12;18-16-15(20-13-8-4-5-9-14(13)21-16)17(22)19-11-10-12-6-2-1-3-7-12;16-14-13(17-9-5-1-2-6-10(9)18-14)15-19-11-7-3-4-8-12(11)20-15;1-6(14)9-10(11)13-8-5-3-2-4-7(8)12-9/h1-14H,15-16H2,(H,27,28,31);1-9H,10-11H2,(H2,18,21)(H,19,22);1-9H,10-11H2,(H2,18,21)(H,19,22);1-8H,(H2,16,18);2-5H,1H3,(H2,11,13). The number of nitrogens with zero attached hydrogens (tertiary/aromatic N) is 13. The van der Waals surface area contributed by atoms with E-state index in [-0.39, 0.29) is 70.3 Å². The molecule has 0 aliphatic carbocycles. The first-order valence-corrected chi connectivity index (χ1v) is 35.7. The van der Waals surface area contributed by atoms with Crippen LogP contribution in [0.2, 0.25) is 0 Å². The van der Waals surface area contributed by atoms with E-state index in [1.165, 1.54) is 12.5 Å². The summed E-state index contributed by atoms with van der Waals surface area (Å²) in [6.45, 7) is 2.66. The number of Topliss-reactive ketones (excluding diaryl/α,β-unsaturated/α-hetero) is 1. The molecule has 27 heteroatoms. The number of aromatic nitrogens is 13. The fraction of sp³-hybridized carbons (Fsp3) is 0.0833. The summed E-state index contributed by atoms with van der Waals surface area (Å²) >= 11 is 1.58. The maximum Gasteiger partial charge on any atom is 0.273 e. The lowest BCUT2D eigenvalue weighted by Crippen LogP contribution is -2.29. The molecule has 10 aromatic carbocycles. The monoisotopic (exact) mass is 1490 g/mol. The van der Waals surface area contributed by atoms with Crippen molar-refractivity contribution in [2.24, 2.45) is 0 Å². The molecule has 0 fully saturated rings. The molecule has 7 heterocycles. The van der Waals surface area contributed by atoms with E-state index >= 15 is 0 Å². The van der Waals surface area contributed by atoms with Crippen LogP contribution in [0.4, 0.5) is 29.1 Å². The van der Waals surface area contributed by atoms with Crippen LogP contribution in [0.25, 0.3) is 87.6 Å². The van der Waals surface area contributed by atoms with E-state index in [1.54, 1.807) is 29.5 Å². The zero-order valence-electron chi connectivity index (χ0n) is 59.6. The van der Waals surface area contributed by atoms with Crippen molar-refractivity contribution >= 4 is 129 Å². The highest BCUT2D eigenvalue weighted by Gasteiger charge is 2.21. The molecule has 17 rings (SSSR count). The number of rotatable bonds is 17. The number of carbonyl (C=O) groups excluding carboxylic acids is 4. The van der Waals surface area contributed by atoms with Crippen molar-refractivity contribution in [1.29, 1.82) is 0 Å². The summed E-state index contributed by atoms with van der Waals surface area (Å²) in [5.74, 6) is 1.65. The summed E-state index contributed by atoms with van der Waals surface area (Å²) in [6, 6.07) is 83.8. The molecular weight excluding hydrogens is 1420 g/mol. The number of benzene rings is 10. The Bertz CT molecular complexity index is 6090. The molecule has 3 amide bonds. The van der Waals surface area contributed by atoms with Crippen molar-refractivity contribution in [2.45, 2.75) is 26.2 Å². The molecule has 0 atom stereocenters. The molecule has 17 aromatic rings. The summed E-state index contributed by atoms with van der Waals surface area (Å²) in [5.41, 5.74) is 35.9. The number of hydrogen-bond donors (Lipinski definition) is 7. The number of fused-ring (bicyclic) bond motifs is 6. The Hall–Kier alpha value is -15.0. The van der Waals surface area contributed by atoms with Gasteiger partial charge in [-0.25, -0.2) is 54.8 Å². The van der Waals surface area contributed by atoms with E-state index in [4.69, 9.17) is 32.2 Å². The molecule has 0 unspecified atom stereocenters. The van der Waals surface area contributed by atoms with Gasteiger partial charge < -0.3 is 48.1 Å². The second kappa shape index (κ2) is 35.9. The third-order valence-corrected chi connectivity index (χ3v) is 17.5. The van der Waals surface area contributed by atoms with Crippen LogP contribution >= 0.6 is 11.3 Å². The summed E-state index contributed by atoms with van der Waals surface area (Å²) < 4.78 is 12.1. The second-order valence-electron chi connectivity index (χ2n) is 24.5. The third-order valence-electron chi connectivity index (χ3n) is 16.5. The van der Waals surface area contributed by atoms with Crippen LogP contribution in [0.1, 0.15) is 61.0 Å². The Labute approximate surface area is 638 Å². The molecule has 0 aliphatic heterocycles. The fourth-order valence-corrected chi connectivity index (χ4v) is 12.1. The van der Waals surface area contributed by atoms with Gasteiger partial charge in [-0.15, -0.1) is 11.3 Å². The van der Waals surface area contributed by atoms with Crippen LogP contribution in [-0.2, 0) is 24.1 Å². The molecule has 111 heavy (non-hydrogen) atoms. The smallest absolute Gasteiger partial charge is 0.273 e. The minimum atomic E-state index is -0.364. The van der Waals surface area contributed by atoms with Gasteiger partial charge >= 0.3 is 0 Å². The van der Waals surface area contributed by atoms with Gasteiger partial charge in [0.2, 0.25) is 17.6 Å². The van der Waals surface area contributed by atoms with Crippen molar-refractivity contribution in [3.63, 3.8) is 0 Å². The fourth-order valence-electron chi connectivity index (χ4n) is 11.2. The van der Waals surface area contributed by atoms with E-state index in [0.29, 0.717) is 99.2 Å². The zero-order valence-corrected chi connectivity index (χ0v) is 60.4. The van der Waals surface area contributed by atoms with Gasteiger partial charge in [-0.1, -0.05) is 187 Å². The summed E-state index contributed by atoms with van der Waals surface area (Å²) in [4.78, 5) is 101. The minimum absolute atomic E-state index is 0.116. The summed E-state index contributed by atoms with van der Waals surface area (Å²) in [5, 5.41) is 13.3. The first-order chi connectivity index (χ1) is 54.2. The van der Waals surface area contributed by atoms with Gasteiger partial charge in [-0.3, -0.25) is 19.2 Å². The van der Waals surface area contributed by atoms with E-state index < -0.39 is 0 Å². The Balaban J connectivity index is 0.000000124. The molecule has 7 aromatic heterocycles. The van der Waals surface area contributed by atoms with Crippen molar-refractivity contribution in [1.82, 2.24) is 75.6 Å². The Kier molecular flexibility index (Phi) is 24.0. The average Bonchev–Trinajstić information content (AvgIpc) is 1.43. The van der Waals surface area contributed by atoms with Gasteiger partial charge in [-0.2, -0.15) is 4.98 Å². The van der Waals surface area contributed by atoms with E-state index in [0.717, 1.165) is 49.6 Å². The van der Waals surface area contributed by atoms with Crippen molar-refractivity contribution in [3.8, 4) is 28.0 Å². The van der Waals surface area contributed by atoms with Gasteiger partial charge in [0.15, 0.2) is 52.0 Å². The van der Waals surface area contributed by atoms with Gasteiger partial charge in [0.1, 0.15) is 28.8 Å². The minimum Gasteiger partial charge on any atom is -0.492 e. The number of ketones is 1. The molecule has 0 saturated heterocycles. The predicted molar refractivity (Wildman–Crippen MR) is 432 cm³/mol. The van der Waals surface area contributed by atoms with Crippen LogP contribution in [-0.4, -0.2) is 108 Å². The van der Waals surface area contributed by atoms with Gasteiger partial charge in [0.05, 0.1) is 84.8 Å². The average molecular weight is 1490 g/mol. The third kappa shape index (κ3) is 19.6. The number of nitrogen functional groups attached to an aromatic ring is 4. The highest BCUT2D eigenvalue weighted by molar-refractivity contribution is 7.21. The van der Waals surface area contributed by atoms with E-state index in [2.05, 4.69) is 80.9 Å². The largest absolute Gasteiger partial charge is 0.492 e. The van der Waals surface area contributed by atoms with Crippen LogP contribution in [0.5, 0.6) is 5.75 Å². The number of carbonyl (C=O) groups is 4. The van der Waals surface area contributed by atoms with E-state index in [9.17, 15) is 19.2 Å². The highest BCUT2D eigenvalue weighted by Crippen LogP contribution is 2.33.